The van der Waals surface area contributed by atoms with E-state index in [1.807, 2.05) is 23.1 Å². The monoisotopic (exact) mass is 366 g/mol. The molecule has 2 aromatic rings. The van der Waals surface area contributed by atoms with Gasteiger partial charge >= 0.3 is 0 Å². The first-order valence-electron chi connectivity index (χ1n) is 9.91. The fourth-order valence-corrected chi connectivity index (χ4v) is 3.28. The third-order valence-corrected chi connectivity index (χ3v) is 4.98. The molecule has 0 saturated carbocycles. The second-order valence-corrected chi connectivity index (χ2v) is 7.89. The minimum atomic E-state index is 0.261. The van der Waals surface area contributed by atoms with Crippen LogP contribution in [-0.2, 0) is 17.9 Å². The molecule has 1 fully saturated rings. The van der Waals surface area contributed by atoms with Crippen LogP contribution in [0.2, 0.25) is 0 Å². The molecular weight excluding hydrogens is 336 g/mol. The molecule has 1 saturated heterocycles. The standard InChI is InChI=1S/C22H30N4O/c1-15(2)19-12-20(25-22(24-19)16(3)4)23-13-17-8-5-6-9-18(17)14-26-11-7-10-21(26)27/h5-6,8-9,12,15-16H,7,10-11,13-14H2,1-4H3,(H,23,24,25). The van der Waals surface area contributed by atoms with Crippen LogP contribution in [0.25, 0.3) is 0 Å². The molecule has 1 aromatic heterocycles. The van der Waals surface area contributed by atoms with E-state index in [0.29, 0.717) is 25.4 Å². The van der Waals surface area contributed by atoms with E-state index in [1.165, 1.54) is 11.1 Å². The first kappa shape index (κ1) is 19.3. The van der Waals surface area contributed by atoms with Crippen LogP contribution in [0.3, 0.4) is 0 Å². The topological polar surface area (TPSA) is 58.1 Å². The number of carbonyl (C=O) groups is 1. The predicted molar refractivity (Wildman–Crippen MR) is 109 cm³/mol. The van der Waals surface area contributed by atoms with Gasteiger partial charge in [-0.25, -0.2) is 9.97 Å². The summed E-state index contributed by atoms with van der Waals surface area (Å²) in [7, 11) is 0. The highest BCUT2D eigenvalue weighted by Crippen LogP contribution is 2.21. The lowest BCUT2D eigenvalue weighted by atomic mass is 10.1. The second kappa shape index (κ2) is 8.51. The van der Waals surface area contributed by atoms with Crippen LogP contribution < -0.4 is 5.32 Å². The molecule has 1 N–H and O–H groups in total. The SMILES string of the molecule is CC(C)c1cc(NCc2ccccc2CN2CCCC2=O)nc(C(C)C)n1. The Morgan fingerprint density at radius 2 is 1.81 bits per heavy atom. The summed E-state index contributed by atoms with van der Waals surface area (Å²) in [6.45, 7) is 10.8. The zero-order valence-corrected chi connectivity index (χ0v) is 16.8. The van der Waals surface area contributed by atoms with Crippen molar-refractivity contribution >= 4 is 11.7 Å². The lowest BCUT2D eigenvalue weighted by molar-refractivity contribution is -0.128. The fourth-order valence-electron chi connectivity index (χ4n) is 3.28. The molecule has 2 heterocycles. The average molecular weight is 367 g/mol. The van der Waals surface area contributed by atoms with Crippen molar-refractivity contribution in [2.24, 2.45) is 0 Å². The number of rotatable bonds is 7. The Morgan fingerprint density at radius 3 is 2.44 bits per heavy atom. The number of likely N-dealkylation sites (tertiary alicyclic amines) is 1. The highest BCUT2D eigenvalue weighted by molar-refractivity contribution is 5.78. The molecule has 0 unspecified atom stereocenters. The lowest BCUT2D eigenvalue weighted by Crippen LogP contribution is -2.24. The molecule has 0 spiro atoms. The van der Waals surface area contributed by atoms with Gasteiger partial charge in [0.15, 0.2) is 0 Å². The summed E-state index contributed by atoms with van der Waals surface area (Å²) in [4.78, 5) is 23.3. The van der Waals surface area contributed by atoms with Gasteiger partial charge in [-0.15, -0.1) is 0 Å². The van der Waals surface area contributed by atoms with Crippen molar-refractivity contribution in [3.05, 3.63) is 53.0 Å². The fraction of sp³-hybridized carbons (Fsp3) is 0.500. The number of nitrogens with zero attached hydrogens (tertiary/aromatic N) is 3. The van der Waals surface area contributed by atoms with Gasteiger partial charge in [0, 0.05) is 43.7 Å². The molecule has 1 aliphatic rings. The van der Waals surface area contributed by atoms with Crippen LogP contribution in [0, 0.1) is 0 Å². The average Bonchev–Trinajstić information content (AvgIpc) is 3.05. The van der Waals surface area contributed by atoms with Gasteiger partial charge in [0.25, 0.3) is 0 Å². The quantitative estimate of drug-likeness (QED) is 0.786. The lowest BCUT2D eigenvalue weighted by Gasteiger charge is -2.19. The Hall–Kier alpha value is -2.43. The molecule has 3 rings (SSSR count). The van der Waals surface area contributed by atoms with E-state index in [2.05, 4.69) is 55.1 Å². The molecule has 5 nitrogen and oxygen atoms in total. The first-order valence-corrected chi connectivity index (χ1v) is 9.91. The minimum absolute atomic E-state index is 0.261. The van der Waals surface area contributed by atoms with Crippen LogP contribution in [0.15, 0.2) is 30.3 Å². The Labute approximate surface area is 162 Å². The number of aromatic nitrogens is 2. The zero-order valence-electron chi connectivity index (χ0n) is 16.8. The highest BCUT2D eigenvalue weighted by atomic mass is 16.2. The maximum absolute atomic E-state index is 12.0. The number of amides is 1. The molecule has 1 aromatic carbocycles. The molecule has 0 atom stereocenters. The maximum atomic E-state index is 12.0. The summed E-state index contributed by atoms with van der Waals surface area (Å²) in [6, 6.07) is 10.4. The van der Waals surface area contributed by atoms with Crippen LogP contribution in [0.5, 0.6) is 0 Å². The van der Waals surface area contributed by atoms with Gasteiger partial charge in [-0.2, -0.15) is 0 Å². The summed E-state index contributed by atoms with van der Waals surface area (Å²) < 4.78 is 0. The Bertz CT molecular complexity index is 774. The van der Waals surface area contributed by atoms with Crippen molar-refractivity contribution in [2.45, 2.75) is 65.5 Å². The van der Waals surface area contributed by atoms with Gasteiger partial charge in [0.1, 0.15) is 11.6 Å². The molecule has 27 heavy (non-hydrogen) atoms. The Kier molecular flexibility index (Phi) is 6.09. The van der Waals surface area contributed by atoms with E-state index < -0.39 is 0 Å². The van der Waals surface area contributed by atoms with E-state index in [0.717, 1.165) is 30.3 Å². The molecular formula is C22H30N4O. The van der Waals surface area contributed by atoms with Crippen LogP contribution in [0.1, 0.15) is 75.0 Å². The number of carbonyl (C=O) groups excluding carboxylic acids is 1. The number of anilines is 1. The number of hydrogen-bond donors (Lipinski definition) is 1. The van der Waals surface area contributed by atoms with Crippen LogP contribution in [0.4, 0.5) is 5.82 Å². The van der Waals surface area contributed by atoms with E-state index >= 15 is 0 Å². The van der Waals surface area contributed by atoms with E-state index in [-0.39, 0.29) is 11.8 Å². The van der Waals surface area contributed by atoms with Gasteiger partial charge in [-0.3, -0.25) is 4.79 Å². The van der Waals surface area contributed by atoms with Crippen molar-refractivity contribution in [1.29, 1.82) is 0 Å². The summed E-state index contributed by atoms with van der Waals surface area (Å²) in [5.41, 5.74) is 3.46. The van der Waals surface area contributed by atoms with Crippen LogP contribution >= 0.6 is 0 Å². The maximum Gasteiger partial charge on any atom is 0.222 e. The van der Waals surface area contributed by atoms with Gasteiger partial charge < -0.3 is 10.2 Å². The van der Waals surface area contributed by atoms with Gasteiger partial charge in [0.2, 0.25) is 5.91 Å². The largest absolute Gasteiger partial charge is 0.366 e. The summed E-state index contributed by atoms with van der Waals surface area (Å²) in [6.07, 6.45) is 1.65. The van der Waals surface area contributed by atoms with Crippen molar-refractivity contribution in [1.82, 2.24) is 14.9 Å². The van der Waals surface area contributed by atoms with Gasteiger partial charge in [-0.1, -0.05) is 52.0 Å². The van der Waals surface area contributed by atoms with Crippen LogP contribution in [-0.4, -0.2) is 27.3 Å². The predicted octanol–water partition coefficient (Wildman–Crippen LogP) is 4.46. The molecule has 1 amide bonds. The van der Waals surface area contributed by atoms with Gasteiger partial charge in [-0.05, 0) is 23.5 Å². The summed E-state index contributed by atoms with van der Waals surface area (Å²) in [5.74, 6) is 2.65. The first-order chi connectivity index (χ1) is 12.9. The zero-order chi connectivity index (χ0) is 19.4. The molecule has 0 aliphatic carbocycles. The molecule has 5 heteroatoms. The third-order valence-electron chi connectivity index (χ3n) is 4.98. The van der Waals surface area contributed by atoms with Gasteiger partial charge in [0.05, 0.1) is 0 Å². The van der Waals surface area contributed by atoms with Crippen molar-refractivity contribution in [3.63, 3.8) is 0 Å². The van der Waals surface area contributed by atoms with E-state index in [1.54, 1.807) is 0 Å². The Balaban J connectivity index is 1.76. The number of benzene rings is 1. The minimum Gasteiger partial charge on any atom is -0.366 e. The smallest absolute Gasteiger partial charge is 0.222 e. The van der Waals surface area contributed by atoms with Crippen molar-refractivity contribution in [3.8, 4) is 0 Å². The van der Waals surface area contributed by atoms with E-state index in [9.17, 15) is 4.79 Å². The van der Waals surface area contributed by atoms with Crippen molar-refractivity contribution < 1.29 is 4.79 Å². The number of hydrogen-bond acceptors (Lipinski definition) is 4. The molecule has 0 bridgehead atoms. The normalized spacial score (nSPS) is 14.4. The molecule has 144 valence electrons. The molecule has 0 radical (unpaired) electrons. The van der Waals surface area contributed by atoms with E-state index in [4.69, 9.17) is 0 Å². The summed E-state index contributed by atoms with van der Waals surface area (Å²) in [5, 5.41) is 3.47. The highest BCUT2D eigenvalue weighted by Gasteiger charge is 2.21. The Morgan fingerprint density at radius 1 is 1.07 bits per heavy atom. The second-order valence-electron chi connectivity index (χ2n) is 7.89. The summed E-state index contributed by atoms with van der Waals surface area (Å²) >= 11 is 0. The third kappa shape index (κ3) is 4.85. The van der Waals surface area contributed by atoms with Crippen molar-refractivity contribution in [2.75, 3.05) is 11.9 Å². The number of nitrogens with one attached hydrogen (secondary N) is 1. The molecule has 1 aliphatic heterocycles.